The Balaban J connectivity index is 1.50. The van der Waals surface area contributed by atoms with Gasteiger partial charge in [-0.3, -0.25) is 4.79 Å². The summed E-state index contributed by atoms with van der Waals surface area (Å²) >= 11 is 0. The molecule has 3 aromatic rings. The fourth-order valence-electron chi connectivity index (χ4n) is 2.36. The van der Waals surface area contributed by atoms with Crippen LogP contribution in [0, 0.1) is 6.92 Å². The zero-order valence-electron chi connectivity index (χ0n) is 14.5. The highest BCUT2D eigenvalue weighted by atomic mass is 16.5. The SMILES string of the molecule is Cc1noc(CCC(=O)NCc2cccnc2OCc2ccccc2)n1. The summed E-state index contributed by atoms with van der Waals surface area (Å²) in [4.78, 5) is 20.4. The van der Waals surface area contributed by atoms with Crippen molar-refractivity contribution in [2.75, 3.05) is 0 Å². The first-order valence-corrected chi connectivity index (χ1v) is 8.37. The van der Waals surface area contributed by atoms with E-state index in [4.69, 9.17) is 9.26 Å². The number of benzene rings is 1. The van der Waals surface area contributed by atoms with E-state index in [0.29, 0.717) is 37.2 Å². The molecule has 26 heavy (non-hydrogen) atoms. The van der Waals surface area contributed by atoms with E-state index in [0.717, 1.165) is 11.1 Å². The third kappa shape index (κ3) is 5.14. The molecule has 1 N–H and O–H groups in total. The highest BCUT2D eigenvalue weighted by Crippen LogP contribution is 2.16. The summed E-state index contributed by atoms with van der Waals surface area (Å²) in [6.45, 7) is 2.52. The van der Waals surface area contributed by atoms with Crippen LogP contribution in [-0.4, -0.2) is 21.0 Å². The third-order valence-corrected chi connectivity index (χ3v) is 3.68. The standard InChI is InChI=1S/C19H20N4O3/c1-14-22-18(26-23-14)10-9-17(24)21-12-16-8-5-11-20-19(16)25-13-15-6-3-2-4-7-15/h2-8,11H,9-10,12-13H2,1H3,(H,21,24). The van der Waals surface area contributed by atoms with Crippen LogP contribution in [0.2, 0.25) is 0 Å². The Hall–Kier alpha value is -3.22. The number of amides is 1. The molecular formula is C19H20N4O3. The van der Waals surface area contributed by atoms with Crippen molar-refractivity contribution in [2.45, 2.75) is 32.9 Å². The topological polar surface area (TPSA) is 90.1 Å². The molecule has 0 bridgehead atoms. The van der Waals surface area contributed by atoms with Gasteiger partial charge in [-0.2, -0.15) is 4.98 Å². The summed E-state index contributed by atoms with van der Waals surface area (Å²) in [6.07, 6.45) is 2.36. The van der Waals surface area contributed by atoms with Gasteiger partial charge in [0, 0.05) is 31.1 Å². The van der Waals surface area contributed by atoms with E-state index in [-0.39, 0.29) is 12.3 Å². The molecule has 0 radical (unpaired) electrons. The maximum atomic E-state index is 12.0. The third-order valence-electron chi connectivity index (χ3n) is 3.68. The normalized spacial score (nSPS) is 10.5. The molecule has 0 aliphatic heterocycles. The molecule has 0 aliphatic carbocycles. The molecule has 0 aliphatic rings. The number of aryl methyl sites for hydroxylation is 2. The minimum absolute atomic E-state index is 0.0984. The Labute approximate surface area is 151 Å². The average Bonchev–Trinajstić information content (AvgIpc) is 3.10. The van der Waals surface area contributed by atoms with Crippen molar-refractivity contribution >= 4 is 5.91 Å². The summed E-state index contributed by atoms with van der Waals surface area (Å²) in [5.74, 6) is 1.45. The van der Waals surface area contributed by atoms with Crippen molar-refractivity contribution in [2.24, 2.45) is 0 Å². The summed E-state index contributed by atoms with van der Waals surface area (Å²) in [5, 5.41) is 6.57. The predicted molar refractivity (Wildman–Crippen MR) is 94.2 cm³/mol. The van der Waals surface area contributed by atoms with Crippen molar-refractivity contribution in [3.63, 3.8) is 0 Å². The Morgan fingerprint density at radius 2 is 2.04 bits per heavy atom. The summed E-state index contributed by atoms with van der Waals surface area (Å²) in [6, 6.07) is 13.6. The van der Waals surface area contributed by atoms with E-state index >= 15 is 0 Å². The van der Waals surface area contributed by atoms with E-state index in [9.17, 15) is 4.79 Å². The number of nitrogens with zero attached hydrogens (tertiary/aromatic N) is 3. The van der Waals surface area contributed by atoms with Crippen molar-refractivity contribution in [3.05, 3.63) is 71.5 Å². The molecule has 1 amide bonds. The number of carbonyl (C=O) groups is 1. The van der Waals surface area contributed by atoms with Gasteiger partial charge in [-0.05, 0) is 18.6 Å². The Morgan fingerprint density at radius 3 is 2.81 bits per heavy atom. The zero-order chi connectivity index (χ0) is 18.2. The number of carbonyl (C=O) groups excluding carboxylic acids is 1. The first kappa shape index (κ1) is 17.6. The number of pyridine rings is 1. The second kappa shape index (κ2) is 8.75. The lowest BCUT2D eigenvalue weighted by Crippen LogP contribution is -2.23. The molecule has 0 spiro atoms. The molecule has 0 fully saturated rings. The predicted octanol–water partition coefficient (Wildman–Crippen LogP) is 2.60. The second-order valence-corrected chi connectivity index (χ2v) is 5.75. The lowest BCUT2D eigenvalue weighted by Gasteiger charge is -2.11. The van der Waals surface area contributed by atoms with Crippen LogP contribution >= 0.6 is 0 Å². The highest BCUT2D eigenvalue weighted by Gasteiger charge is 2.10. The monoisotopic (exact) mass is 352 g/mol. The number of aromatic nitrogens is 3. The van der Waals surface area contributed by atoms with Crippen LogP contribution in [0.5, 0.6) is 5.88 Å². The first-order valence-electron chi connectivity index (χ1n) is 8.37. The lowest BCUT2D eigenvalue weighted by molar-refractivity contribution is -0.121. The molecule has 0 saturated heterocycles. The molecule has 2 aromatic heterocycles. The number of rotatable bonds is 8. The van der Waals surface area contributed by atoms with Crippen LogP contribution < -0.4 is 10.1 Å². The molecule has 0 unspecified atom stereocenters. The maximum Gasteiger partial charge on any atom is 0.227 e. The minimum atomic E-state index is -0.0984. The van der Waals surface area contributed by atoms with E-state index in [1.165, 1.54) is 0 Å². The van der Waals surface area contributed by atoms with Gasteiger partial charge in [0.1, 0.15) is 6.61 Å². The molecule has 134 valence electrons. The molecule has 1 aromatic carbocycles. The van der Waals surface area contributed by atoms with Gasteiger partial charge < -0.3 is 14.6 Å². The van der Waals surface area contributed by atoms with Gasteiger partial charge in [-0.15, -0.1) is 0 Å². The molecule has 3 rings (SSSR count). The minimum Gasteiger partial charge on any atom is -0.473 e. The van der Waals surface area contributed by atoms with Gasteiger partial charge >= 0.3 is 0 Å². The van der Waals surface area contributed by atoms with E-state index in [2.05, 4.69) is 20.4 Å². The van der Waals surface area contributed by atoms with E-state index in [1.807, 2.05) is 42.5 Å². The van der Waals surface area contributed by atoms with E-state index in [1.54, 1.807) is 13.1 Å². The van der Waals surface area contributed by atoms with Gasteiger partial charge in [0.2, 0.25) is 17.7 Å². The average molecular weight is 352 g/mol. The lowest BCUT2D eigenvalue weighted by atomic mass is 10.2. The van der Waals surface area contributed by atoms with Gasteiger partial charge in [0.25, 0.3) is 0 Å². The Morgan fingerprint density at radius 1 is 1.19 bits per heavy atom. The van der Waals surface area contributed by atoms with Crippen molar-refractivity contribution in [1.82, 2.24) is 20.4 Å². The Kier molecular flexibility index (Phi) is 5.92. The summed E-state index contributed by atoms with van der Waals surface area (Å²) in [5.41, 5.74) is 1.88. The van der Waals surface area contributed by atoms with Crippen LogP contribution in [0.4, 0.5) is 0 Å². The molecular weight excluding hydrogens is 332 g/mol. The van der Waals surface area contributed by atoms with Crippen LogP contribution in [0.15, 0.2) is 53.2 Å². The van der Waals surface area contributed by atoms with Gasteiger partial charge in [0.05, 0.1) is 0 Å². The number of ether oxygens (including phenoxy) is 1. The molecule has 7 heteroatoms. The van der Waals surface area contributed by atoms with Gasteiger partial charge in [-0.25, -0.2) is 4.98 Å². The summed E-state index contributed by atoms with van der Waals surface area (Å²) in [7, 11) is 0. The van der Waals surface area contributed by atoms with Gasteiger partial charge in [-0.1, -0.05) is 41.6 Å². The second-order valence-electron chi connectivity index (χ2n) is 5.75. The smallest absolute Gasteiger partial charge is 0.227 e. The molecule has 0 saturated carbocycles. The van der Waals surface area contributed by atoms with Crippen LogP contribution in [-0.2, 0) is 24.4 Å². The number of nitrogens with one attached hydrogen (secondary N) is 1. The number of hydrogen-bond donors (Lipinski definition) is 1. The Bertz CT molecular complexity index is 849. The van der Waals surface area contributed by atoms with Crippen molar-refractivity contribution in [3.8, 4) is 5.88 Å². The maximum absolute atomic E-state index is 12.0. The van der Waals surface area contributed by atoms with Crippen molar-refractivity contribution < 1.29 is 14.1 Å². The first-order chi connectivity index (χ1) is 12.7. The summed E-state index contributed by atoms with van der Waals surface area (Å²) < 4.78 is 10.8. The number of hydrogen-bond acceptors (Lipinski definition) is 6. The van der Waals surface area contributed by atoms with Crippen LogP contribution in [0.25, 0.3) is 0 Å². The van der Waals surface area contributed by atoms with Gasteiger partial charge in [0.15, 0.2) is 5.82 Å². The van der Waals surface area contributed by atoms with Crippen LogP contribution in [0.1, 0.15) is 29.3 Å². The zero-order valence-corrected chi connectivity index (χ0v) is 14.5. The quantitative estimate of drug-likeness (QED) is 0.670. The van der Waals surface area contributed by atoms with Crippen molar-refractivity contribution in [1.29, 1.82) is 0 Å². The molecule has 0 atom stereocenters. The molecule has 7 nitrogen and oxygen atoms in total. The molecule has 2 heterocycles. The van der Waals surface area contributed by atoms with Crippen LogP contribution in [0.3, 0.4) is 0 Å². The highest BCUT2D eigenvalue weighted by molar-refractivity contribution is 5.76. The largest absolute Gasteiger partial charge is 0.473 e. The fraction of sp³-hybridized carbons (Fsp3) is 0.263. The van der Waals surface area contributed by atoms with E-state index < -0.39 is 0 Å². The fourth-order valence-corrected chi connectivity index (χ4v) is 2.36.